The number of hydrazine groups is 1. The van der Waals surface area contributed by atoms with Crippen LogP contribution in [0.25, 0.3) is 10.9 Å². The predicted molar refractivity (Wildman–Crippen MR) is 154 cm³/mol. The number of methoxy groups -OCH3 is 1. The maximum atomic E-state index is 13.9. The molecule has 6 N–H and O–H groups in total. The highest BCUT2D eigenvalue weighted by molar-refractivity contribution is 7.91. The van der Waals surface area contributed by atoms with Crippen molar-refractivity contribution < 1.29 is 43.1 Å². The van der Waals surface area contributed by atoms with Crippen LogP contribution < -0.4 is 15.5 Å². The van der Waals surface area contributed by atoms with Gasteiger partial charge in [0.1, 0.15) is 35.0 Å². The Hall–Kier alpha value is -3.41. The number of carbonyl (C=O) groups is 1. The van der Waals surface area contributed by atoms with Crippen molar-refractivity contribution in [3.05, 3.63) is 54.2 Å². The number of aromatic nitrogens is 1. The van der Waals surface area contributed by atoms with E-state index in [2.05, 4.69) is 20.6 Å². The van der Waals surface area contributed by atoms with E-state index in [1.807, 2.05) is 12.1 Å². The number of hydrogen-bond acceptors (Lipinski definition) is 13. The number of pyridine rings is 1. The molecule has 2 aliphatic heterocycles. The molecule has 5 unspecified atom stereocenters. The van der Waals surface area contributed by atoms with Gasteiger partial charge in [-0.25, -0.2) is 13.4 Å². The quantitative estimate of drug-likeness (QED) is 0.184. The number of benzene rings is 2. The second-order valence-corrected chi connectivity index (χ2v) is 12.5. The van der Waals surface area contributed by atoms with Crippen LogP contribution in [-0.2, 0) is 14.6 Å². The van der Waals surface area contributed by atoms with E-state index in [1.54, 1.807) is 18.2 Å². The average Bonchev–Trinajstić information content (AvgIpc) is 3.01. The molecule has 232 valence electrons. The summed E-state index contributed by atoms with van der Waals surface area (Å²) >= 11 is 0. The molecule has 0 aliphatic carbocycles. The minimum atomic E-state index is -4.08. The van der Waals surface area contributed by atoms with Crippen molar-refractivity contribution in [3.8, 4) is 5.75 Å². The van der Waals surface area contributed by atoms with Crippen LogP contribution in [0.4, 0.5) is 5.69 Å². The van der Waals surface area contributed by atoms with Crippen molar-refractivity contribution >= 4 is 32.3 Å². The summed E-state index contributed by atoms with van der Waals surface area (Å²) in [5.41, 5.74) is 4.00. The fraction of sp³-hybridized carbons (Fsp3) is 0.429. The van der Waals surface area contributed by atoms with Gasteiger partial charge in [0, 0.05) is 43.3 Å². The zero-order chi connectivity index (χ0) is 30.9. The van der Waals surface area contributed by atoms with Crippen molar-refractivity contribution in [1.29, 1.82) is 0 Å². The average molecular weight is 618 g/mol. The third-order valence-electron chi connectivity index (χ3n) is 7.73. The molecule has 2 aliphatic rings. The third kappa shape index (κ3) is 6.30. The summed E-state index contributed by atoms with van der Waals surface area (Å²) in [6.45, 7) is 2.08. The summed E-state index contributed by atoms with van der Waals surface area (Å²) in [5, 5.41) is 45.0. The molecule has 0 bridgehead atoms. The van der Waals surface area contributed by atoms with Crippen LogP contribution in [0.5, 0.6) is 5.75 Å². The summed E-state index contributed by atoms with van der Waals surface area (Å²) in [5.74, 6) is -0.225. The first-order valence-corrected chi connectivity index (χ1v) is 15.1. The first-order valence-electron chi connectivity index (χ1n) is 13.7. The van der Waals surface area contributed by atoms with Gasteiger partial charge in [-0.15, -0.1) is 0 Å². The number of fused-ring (bicyclic) bond motifs is 1. The van der Waals surface area contributed by atoms with Gasteiger partial charge >= 0.3 is 0 Å². The van der Waals surface area contributed by atoms with Crippen molar-refractivity contribution in [1.82, 2.24) is 20.2 Å². The molecule has 0 saturated carbocycles. The van der Waals surface area contributed by atoms with Gasteiger partial charge in [0.25, 0.3) is 5.91 Å². The molecule has 5 atom stereocenters. The van der Waals surface area contributed by atoms with Gasteiger partial charge in [-0.05, 0) is 49.5 Å². The number of ether oxygens (including phenoxy) is 2. The predicted octanol–water partition coefficient (Wildman–Crippen LogP) is -0.820. The monoisotopic (exact) mass is 617 g/mol. The van der Waals surface area contributed by atoms with Crippen LogP contribution in [0.15, 0.2) is 58.5 Å². The number of piperazine rings is 1. The fourth-order valence-electron chi connectivity index (χ4n) is 5.08. The Balaban J connectivity index is 1.54. The SMILES string of the molecule is COc1ccc(S(=O)(=O)c2cnc3ccc(C(=O)NC4C(O)OC(CO)C(O)C4O)cc3c2NN2CCN(C)CC2)cc1. The standard InChI is InChI=1S/C28H35N5O9S/c1-32-9-11-33(12-10-32)31-23-19-13-16(27(37)30-24-26(36)25(35)21(15-34)42-28(24)38)3-8-20(19)29-14-22(23)43(39,40)18-6-4-17(41-2)5-7-18/h3-8,13-14,21,24-26,28,34-36,38H,9-12,15H2,1-2H3,(H,29,31)(H,30,37). The van der Waals surface area contributed by atoms with Gasteiger partial charge in [0.05, 0.1) is 29.8 Å². The number of carbonyl (C=O) groups excluding carboxylic acids is 1. The summed E-state index contributed by atoms with van der Waals surface area (Å²) < 4.78 is 38.1. The molecule has 0 spiro atoms. The Morgan fingerprint density at radius 1 is 1.07 bits per heavy atom. The number of amides is 1. The van der Waals surface area contributed by atoms with E-state index in [0.29, 0.717) is 29.7 Å². The summed E-state index contributed by atoms with van der Waals surface area (Å²) in [6.07, 6.45) is -4.81. The smallest absolute Gasteiger partial charge is 0.251 e. The molecule has 5 rings (SSSR count). The molecular weight excluding hydrogens is 582 g/mol. The van der Waals surface area contributed by atoms with E-state index in [1.165, 1.54) is 37.6 Å². The van der Waals surface area contributed by atoms with Gasteiger partial charge in [-0.2, -0.15) is 0 Å². The van der Waals surface area contributed by atoms with Crippen molar-refractivity contribution in [2.24, 2.45) is 0 Å². The zero-order valence-electron chi connectivity index (χ0n) is 23.6. The molecule has 2 aromatic carbocycles. The first-order chi connectivity index (χ1) is 20.5. The fourth-order valence-corrected chi connectivity index (χ4v) is 6.44. The van der Waals surface area contributed by atoms with Gasteiger partial charge < -0.3 is 45.5 Å². The summed E-state index contributed by atoms with van der Waals surface area (Å²) in [7, 11) is -0.598. The number of nitrogens with zero attached hydrogens (tertiary/aromatic N) is 3. The number of sulfone groups is 1. The van der Waals surface area contributed by atoms with E-state index < -0.39 is 53.0 Å². The van der Waals surface area contributed by atoms with E-state index in [9.17, 15) is 33.6 Å². The van der Waals surface area contributed by atoms with Crippen LogP contribution in [0.2, 0.25) is 0 Å². The van der Waals surface area contributed by atoms with E-state index in [0.717, 1.165) is 13.1 Å². The molecule has 2 saturated heterocycles. The Morgan fingerprint density at radius 3 is 2.42 bits per heavy atom. The minimum absolute atomic E-state index is 0.0322. The lowest BCUT2D eigenvalue weighted by Gasteiger charge is -2.40. The molecule has 43 heavy (non-hydrogen) atoms. The number of hydrogen-bond donors (Lipinski definition) is 6. The van der Waals surface area contributed by atoms with Crippen LogP contribution >= 0.6 is 0 Å². The molecule has 1 aromatic heterocycles. The molecule has 15 heteroatoms. The van der Waals surface area contributed by atoms with E-state index in [-0.39, 0.29) is 21.0 Å². The van der Waals surface area contributed by atoms with Gasteiger partial charge in [-0.3, -0.25) is 9.78 Å². The molecule has 2 fully saturated rings. The second kappa shape index (κ2) is 12.7. The highest BCUT2D eigenvalue weighted by Gasteiger charge is 2.44. The molecule has 1 amide bonds. The van der Waals surface area contributed by atoms with Crippen LogP contribution in [0, 0.1) is 0 Å². The topological polar surface area (TPSA) is 194 Å². The number of nitrogens with one attached hydrogen (secondary N) is 2. The first kappa shape index (κ1) is 31.0. The van der Waals surface area contributed by atoms with Crippen LogP contribution in [0.3, 0.4) is 0 Å². The maximum Gasteiger partial charge on any atom is 0.251 e. The molecule has 0 radical (unpaired) electrons. The minimum Gasteiger partial charge on any atom is -0.497 e. The Labute approximate surface area is 248 Å². The summed E-state index contributed by atoms with van der Waals surface area (Å²) in [6, 6.07) is 9.09. The largest absolute Gasteiger partial charge is 0.497 e. The zero-order valence-corrected chi connectivity index (χ0v) is 24.4. The van der Waals surface area contributed by atoms with Crippen LogP contribution in [0.1, 0.15) is 10.4 Å². The highest BCUT2D eigenvalue weighted by Crippen LogP contribution is 2.35. The Morgan fingerprint density at radius 2 is 1.77 bits per heavy atom. The van der Waals surface area contributed by atoms with Gasteiger partial charge in [0.2, 0.25) is 9.84 Å². The van der Waals surface area contributed by atoms with Crippen molar-refractivity contribution in [2.75, 3.05) is 52.4 Å². The molecule has 3 aromatic rings. The van der Waals surface area contributed by atoms with Crippen molar-refractivity contribution in [2.45, 2.75) is 40.4 Å². The van der Waals surface area contributed by atoms with Crippen molar-refractivity contribution in [3.63, 3.8) is 0 Å². The lowest BCUT2D eigenvalue weighted by Crippen LogP contribution is -2.64. The lowest BCUT2D eigenvalue weighted by molar-refractivity contribution is -0.252. The Bertz CT molecular complexity index is 1560. The normalized spacial score (nSPS) is 25.4. The van der Waals surface area contributed by atoms with Gasteiger partial charge in [-0.1, -0.05) is 0 Å². The molecule has 14 nitrogen and oxygen atoms in total. The molecule has 3 heterocycles. The number of rotatable bonds is 8. The highest BCUT2D eigenvalue weighted by atomic mass is 32.2. The maximum absolute atomic E-state index is 13.9. The Kier molecular flexibility index (Phi) is 9.15. The third-order valence-corrected chi connectivity index (χ3v) is 9.51. The number of likely N-dealkylation sites (N-methyl/N-ethyl adjacent to an activating group) is 1. The second-order valence-electron chi connectivity index (χ2n) is 10.5. The van der Waals surface area contributed by atoms with E-state index in [4.69, 9.17) is 9.47 Å². The summed E-state index contributed by atoms with van der Waals surface area (Å²) in [4.78, 5) is 19.8. The van der Waals surface area contributed by atoms with E-state index >= 15 is 0 Å². The number of anilines is 1. The van der Waals surface area contributed by atoms with Gasteiger partial charge in [0.15, 0.2) is 6.29 Å². The number of aliphatic hydroxyl groups excluding tert-OH is 4. The lowest BCUT2D eigenvalue weighted by atomic mass is 9.96. The molecular formula is C28H35N5O9S. The van der Waals surface area contributed by atoms with Crippen LogP contribution in [-0.4, -0.2) is 127 Å². The number of aliphatic hydroxyl groups is 4.